The Balaban J connectivity index is 1.12. The van der Waals surface area contributed by atoms with Crippen molar-refractivity contribution in [3.05, 3.63) is 216 Å². The minimum absolute atomic E-state index is 0.492. The standard InChI is InChI=1S/C56H37N5/c1-3-16-45-34(2)42-33-37(28-30-46(42)60(45)39-22-11-6-12-23-39)54-57-53(36-17-7-4-8-18-36)58-55(59-54)61-47-31-27-35-19-15-26-44-49(35)50(47)51-48(61)32-29-41-40-24-13-14-25-43(40)56(44,52(41)51)38-20-9-5-10-21-38/h3-33H,1-2H3/b16-3-. The van der Waals surface area contributed by atoms with E-state index in [0.717, 1.165) is 44.4 Å². The fraction of sp³-hybridized carbons (Fsp3) is 0.0536. The zero-order valence-corrected chi connectivity index (χ0v) is 33.6. The Kier molecular flexibility index (Phi) is 7.00. The molecule has 1 atom stereocenters. The van der Waals surface area contributed by atoms with Gasteiger partial charge in [-0.25, -0.2) is 4.98 Å². The van der Waals surface area contributed by atoms with Crippen LogP contribution in [0.5, 0.6) is 0 Å². The number of benzene rings is 8. The number of nitrogens with zero attached hydrogens (tertiary/aromatic N) is 5. The third-order valence-electron chi connectivity index (χ3n) is 13.3. The first kappa shape index (κ1) is 34.0. The normalized spacial score (nSPS) is 15.0. The number of hydrogen-bond donors (Lipinski definition) is 0. The van der Waals surface area contributed by atoms with E-state index in [9.17, 15) is 0 Å². The van der Waals surface area contributed by atoms with Crippen molar-refractivity contribution in [3.63, 3.8) is 0 Å². The number of hydrogen-bond acceptors (Lipinski definition) is 3. The van der Waals surface area contributed by atoms with E-state index in [-0.39, 0.29) is 0 Å². The van der Waals surface area contributed by atoms with Gasteiger partial charge in [0.15, 0.2) is 11.6 Å². The zero-order chi connectivity index (χ0) is 40.4. The van der Waals surface area contributed by atoms with E-state index in [2.05, 4.69) is 193 Å². The fourth-order valence-electron chi connectivity index (χ4n) is 10.8. The Labute approximate surface area is 352 Å². The summed E-state index contributed by atoms with van der Waals surface area (Å²) in [6.07, 6.45) is 4.31. The minimum Gasteiger partial charge on any atom is -0.310 e. The number of para-hydroxylation sites is 1. The van der Waals surface area contributed by atoms with Crippen LogP contribution < -0.4 is 0 Å². The maximum Gasteiger partial charge on any atom is 0.238 e. The van der Waals surface area contributed by atoms with Crippen LogP contribution in [0.15, 0.2) is 182 Å². The predicted octanol–water partition coefficient (Wildman–Crippen LogP) is 13.4. The zero-order valence-electron chi connectivity index (χ0n) is 33.6. The van der Waals surface area contributed by atoms with Gasteiger partial charge in [0, 0.05) is 38.7 Å². The highest BCUT2D eigenvalue weighted by atomic mass is 15.2. The van der Waals surface area contributed by atoms with Crippen LogP contribution in [0, 0.1) is 6.92 Å². The molecule has 0 fully saturated rings. The summed E-state index contributed by atoms with van der Waals surface area (Å²) in [5.74, 6) is 1.85. The van der Waals surface area contributed by atoms with Crippen LogP contribution in [0.4, 0.5) is 0 Å². The third-order valence-corrected chi connectivity index (χ3v) is 13.3. The van der Waals surface area contributed by atoms with Crippen molar-refractivity contribution in [2.45, 2.75) is 19.3 Å². The molecule has 3 heterocycles. The van der Waals surface area contributed by atoms with E-state index in [0.29, 0.717) is 17.6 Å². The lowest BCUT2D eigenvalue weighted by Gasteiger charge is -2.37. The molecule has 5 heteroatoms. The van der Waals surface area contributed by atoms with Gasteiger partial charge >= 0.3 is 0 Å². The van der Waals surface area contributed by atoms with Gasteiger partial charge < -0.3 is 4.57 Å². The van der Waals surface area contributed by atoms with Crippen LogP contribution in [0.2, 0.25) is 0 Å². The van der Waals surface area contributed by atoms with Crippen molar-refractivity contribution in [2.75, 3.05) is 0 Å². The average molecular weight is 780 g/mol. The maximum atomic E-state index is 5.45. The summed E-state index contributed by atoms with van der Waals surface area (Å²) >= 11 is 0. The molecule has 13 rings (SSSR count). The number of allylic oxidation sites excluding steroid dienone is 1. The third kappa shape index (κ3) is 4.47. The quantitative estimate of drug-likeness (QED) is 0.169. The van der Waals surface area contributed by atoms with Gasteiger partial charge in [-0.2, -0.15) is 9.97 Å². The number of fused-ring (bicyclic) bond motifs is 5. The Bertz CT molecular complexity index is 3650. The summed E-state index contributed by atoms with van der Waals surface area (Å²) in [7, 11) is 0. The molecule has 0 saturated heterocycles. The van der Waals surface area contributed by atoms with E-state index in [4.69, 9.17) is 15.0 Å². The van der Waals surface area contributed by atoms with Gasteiger partial charge in [-0.1, -0.05) is 140 Å². The molecule has 0 aliphatic heterocycles. The molecule has 61 heavy (non-hydrogen) atoms. The maximum absolute atomic E-state index is 5.45. The molecular weight excluding hydrogens is 743 g/mol. The van der Waals surface area contributed by atoms with Gasteiger partial charge in [0.05, 0.1) is 22.0 Å². The number of aryl methyl sites for hydroxylation is 1. The second-order valence-electron chi connectivity index (χ2n) is 16.3. The van der Waals surface area contributed by atoms with Crippen molar-refractivity contribution >= 4 is 49.6 Å². The molecule has 2 aliphatic carbocycles. The van der Waals surface area contributed by atoms with Gasteiger partial charge in [0.25, 0.3) is 0 Å². The molecule has 8 aromatic carbocycles. The van der Waals surface area contributed by atoms with Crippen LogP contribution in [-0.2, 0) is 5.41 Å². The topological polar surface area (TPSA) is 48.5 Å². The highest BCUT2D eigenvalue weighted by Crippen LogP contribution is 2.63. The van der Waals surface area contributed by atoms with Crippen LogP contribution >= 0.6 is 0 Å². The second kappa shape index (κ2) is 12.6. The Morgan fingerprint density at radius 1 is 0.508 bits per heavy atom. The van der Waals surface area contributed by atoms with Crippen molar-refractivity contribution in [1.29, 1.82) is 0 Å². The fourth-order valence-corrected chi connectivity index (χ4v) is 10.8. The van der Waals surface area contributed by atoms with Crippen LogP contribution in [-0.4, -0.2) is 24.1 Å². The molecule has 0 radical (unpaired) electrons. The molecule has 0 N–H and O–H groups in total. The first-order valence-electron chi connectivity index (χ1n) is 21.0. The monoisotopic (exact) mass is 779 g/mol. The van der Waals surface area contributed by atoms with Crippen molar-refractivity contribution in [1.82, 2.24) is 24.1 Å². The molecule has 11 aromatic rings. The molecular formula is C56H37N5. The highest BCUT2D eigenvalue weighted by Gasteiger charge is 2.50. The highest BCUT2D eigenvalue weighted by molar-refractivity contribution is 6.27. The Morgan fingerprint density at radius 3 is 1.98 bits per heavy atom. The lowest BCUT2D eigenvalue weighted by molar-refractivity contribution is 0.782. The minimum atomic E-state index is -0.492. The molecule has 0 spiro atoms. The van der Waals surface area contributed by atoms with Crippen LogP contribution in [0.3, 0.4) is 0 Å². The molecule has 0 amide bonds. The summed E-state index contributed by atoms with van der Waals surface area (Å²) in [6, 6.07) is 63.6. The first-order chi connectivity index (χ1) is 30.1. The number of aromatic nitrogens is 5. The summed E-state index contributed by atoms with van der Waals surface area (Å²) in [5.41, 5.74) is 16.0. The van der Waals surface area contributed by atoms with E-state index >= 15 is 0 Å². The second-order valence-corrected chi connectivity index (χ2v) is 16.3. The predicted molar refractivity (Wildman–Crippen MR) is 250 cm³/mol. The van der Waals surface area contributed by atoms with E-state index < -0.39 is 5.41 Å². The summed E-state index contributed by atoms with van der Waals surface area (Å²) in [6.45, 7) is 4.28. The average Bonchev–Trinajstić information content (AvgIpc) is 3.93. The van der Waals surface area contributed by atoms with E-state index in [1.807, 2.05) is 18.2 Å². The lowest BCUT2D eigenvalue weighted by Crippen LogP contribution is -2.30. The van der Waals surface area contributed by atoms with Gasteiger partial charge in [-0.05, 0) is 112 Å². The molecule has 1 unspecified atom stereocenters. The summed E-state index contributed by atoms with van der Waals surface area (Å²) in [4.78, 5) is 16.1. The summed E-state index contributed by atoms with van der Waals surface area (Å²) < 4.78 is 4.63. The molecule has 0 saturated carbocycles. The van der Waals surface area contributed by atoms with Gasteiger partial charge in [0.2, 0.25) is 5.95 Å². The lowest BCUT2D eigenvalue weighted by atomic mass is 9.63. The van der Waals surface area contributed by atoms with Gasteiger partial charge in [0.1, 0.15) is 0 Å². The SMILES string of the molecule is C/C=C\c1c(C)c2cc(-c3nc(-c4ccccc4)nc(-n4c5ccc6c7c5c5c8c(cccc8ccc54)C7(c4ccccc4)c4ccccc4-6)n3)ccc2n1-c1ccccc1. The van der Waals surface area contributed by atoms with Crippen LogP contribution in [0.25, 0.3) is 95.1 Å². The molecule has 2 aliphatic rings. The summed E-state index contributed by atoms with van der Waals surface area (Å²) in [5, 5.41) is 6.18. The van der Waals surface area contributed by atoms with Gasteiger partial charge in [-0.15, -0.1) is 0 Å². The molecule has 0 bridgehead atoms. The van der Waals surface area contributed by atoms with Crippen molar-refractivity contribution in [2.24, 2.45) is 0 Å². The smallest absolute Gasteiger partial charge is 0.238 e. The number of rotatable bonds is 6. The molecule has 3 aromatic heterocycles. The van der Waals surface area contributed by atoms with Crippen LogP contribution in [0.1, 0.15) is 40.4 Å². The Hall–Kier alpha value is -7.89. The van der Waals surface area contributed by atoms with E-state index in [1.54, 1.807) is 0 Å². The largest absolute Gasteiger partial charge is 0.310 e. The Morgan fingerprint density at radius 2 is 1.18 bits per heavy atom. The molecule has 286 valence electrons. The van der Waals surface area contributed by atoms with Crippen molar-refractivity contribution in [3.8, 4) is 45.5 Å². The molecule has 5 nitrogen and oxygen atoms in total. The van der Waals surface area contributed by atoms with Gasteiger partial charge in [-0.3, -0.25) is 4.57 Å². The van der Waals surface area contributed by atoms with Crippen molar-refractivity contribution < 1.29 is 0 Å². The van der Waals surface area contributed by atoms with E-state index in [1.165, 1.54) is 60.5 Å². The first-order valence-corrected chi connectivity index (χ1v) is 21.0.